The van der Waals surface area contributed by atoms with Crippen LogP contribution in [0.2, 0.25) is 0 Å². The number of hydrogen-bond acceptors (Lipinski definition) is 3. The van der Waals surface area contributed by atoms with Crippen molar-refractivity contribution in [2.24, 2.45) is 0 Å². The monoisotopic (exact) mass is 269 g/mol. The lowest BCUT2D eigenvalue weighted by Crippen LogP contribution is -2.24. The Kier molecular flexibility index (Phi) is 5.44. The van der Waals surface area contributed by atoms with E-state index in [0.29, 0.717) is 18.6 Å². The maximum atomic E-state index is 12.3. The van der Waals surface area contributed by atoms with E-state index in [0.717, 1.165) is 12.1 Å². The van der Waals surface area contributed by atoms with E-state index in [1.807, 2.05) is 55.5 Å². The molecule has 104 valence electrons. The van der Waals surface area contributed by atoms with Crippen molar-refractivity contribution in [1.82, 2.24) is 4.98 Å². The third-order valence-electron chi connectivity index (χ3n) is 3.12. The topological polar surface area (TPSA) is 39.2 Å². The number of ether oxygens (including phenoxy) is 1. The molecule has 0 aliphatic carbocycles. The van der Waals surface area contributed by atoms with Crippen LogP contribution in [0.3, 0.4) is 0 Å². The first-order valence-corrected chi connectivity index (χ1v) is 6.92. The summed E-state index contributed by atoms with van der Waals surface area (Å²) in [5.41, 5.74) is 1.69. The molecule has 3 heteroatoms. The average Bonchev–Trinajstić information content (AvgIpc) is 2.53. The van der Waals surface area contributed by atoms with Crippen LogP contribution in [0.4, 0.5) is 0 Å². The Labute approximate surface area is 119 Å². The van der Waals surface area contributed by atoms with Crippen molar-refractivity contribution >= 4 is 5.78 Å². The number of pyridine rings is 1. The minimum absolute atomic E-state index is 0.0501. The number of hydrogen-bond donors (Lipinski definition) is 0. The van der Waals surface area contributed by atoms with Crippen molar-refractivity contribution in [3.8, 4) is 0 Å². The van der Waals surface area contributed by atoms with Crippen LogP contribution in [0.5, 0.6) is 0 Å². The first-order valence-electron chi connectivity index (χ1n) is 6.92. The van der Waals surface area contributed by atoms with Gasteiger partial charge in [0.2, 0.25) is 0 Å². The first kappa shape index (κ1) is 14.4. The third-order valence-corrected chi connectivity index (χ3v) is 3.12. The van der Waals surface area contributed by atoms with Gasteiger partial charge < -0.3 is 4.74 Å². The second-order valence-corrected chi connectivity index (χ2v) is 4.57. The van der Waals surface area contributed by atoms with Gasteiger partial charge in [-0.05, 0) is 18.6 Å². The molecule has 0 saturated carbocycles. The number of ketones is 1. The van der Waals surface area contributed by atoms with Gasteiger partial charge in [0.15, 0.2) is 5.78 Å². The van der Waals surface area contributed by atoms with E-state index in [-0.39, 0.29) is 11.9 Å². The molecule has 1 unspecified atom stereocenters. The molecular weight excluding hydrogens is 250 g/mol. The summed E-state index contributed by atoms with van der Waals surface area (Å²) in [5.74, 6) is 0.0501. The highest BCUT2D eigenvalue weighted by atomic mass is 16.5. The van der Waals surface area contributed by atoms with Gasteiger partial charge >= 0.3 is 0 Å². The van der Waals surface area contributed by atoms with E-state index in [2.05, 4.69) is 4.98 Å². The van der Waals surface area contributed by atoms with Crippen LogP contribution in [-0.2, 0) is 11.2 Å². The maximum Gasteiger partial charge on any atom is 0.191 e. The highest BCUT2D eigenvalue weighted by Gasteiger charge is 2.18. The van der Waals surface area contributed by atoms with Crippen LogP contribution in [0.25, 0.3) is 0 Å². The molecule has 0 fully saturated rings. The molecule has 1 heterocycles. The molecule has 1 aromatic heterocycles. The molecule has 2 rings (SSSR count). The molecule has 0 aliphatic heterocycles. The molecule has 1 aromatic carbocycles. The molecule has 2 aromatic rings. The number of carbonyl (C=O) groups is 1. The van der Waals surface area contributed by atoms with Crippen molar-refractivity contribution in [2.75, 3.05) is 6.61 Å². The van der Waals surface area contributed by atoms with Crippen LogP contribution in [-0.4, -0.2) is 23.5 Å². The van der Waals surface area contributed by atoms with E-state index in [1.165, 1.54) is 0 Å². The van der Waals surface area contributed by atoms with Gasteiger partial charge in [0.1, 0.15) is 6.10 Å². The third kappa shape index (κ3) is 4.00. The molecule has 20 heavy (non-hydrogen) atoms. The van der Waals surface area contributed by atoms with E-state index in [1.54, 1.807) is 6.20 Å². The standard InChI is InChI=1S/C17H19NO2/c1-2-16(17(19)14-8-4-3-5-9-14)20-13-11-15-10-6-7-12-18-15/h3-10,12,16H,2,11,13H2,1H3. The van der Waals surface area contributed by atoms with Crippen molar-refractivity contribution in [2.45, 2.75) is 25.9 Å². The fraction of sp³-hybridized carbons (Fsp3) is 0.294. The van der Waals surface area contributed by atoms with Crippen molar-refractivity contribution in [3.05, 3.63) is 66.0 Å². The largest absolute Gasteiger partial charge is 0.370 e. The summed E-state index contributed by atoms with van der Waals surface area (Å²) < 4.78 is 5.72. The van der Waals surface area contributed by atoms with Crippen LogP contribution < -0.4 is 0 Å². The number of carbonyl (C=O) groups excluding carboxylic acids is 1. The van der Waals surface area contributed by atoms with Crippen molar-refractivity contribution < 1.29 is 9.53 Å². The Morgan fingerprint density at radius 2 is 1.90 bits per heavy atom. The van der Waals surface area contributed by atoms with Gasteiger partial charge in [-0.25, -0.2) is 0 Å². The number of Topliss-reactive ketones (excluding diaryl/α,β-unsaturated/α-hetero) is 1. The zero-order chi connectivity index (χ0) is 14.2. The normalized spacial score (nSPS) is 12.1. The summed E-state index contributed by atoms with van der Waals surface area (Å²) in [6.45, 7) is 2.47. The quantitative estimate of drug-likeness (QED) is 0.724. The lowest BCUT2D eigenvalue weighted by atomic mass is 10.0. The number of rotatable bonds is 7. The molecule has 0 saturated heterocycles. The first-order chi connectivity index (χ1) is 9.81. The van der Waals surface area contributed by atoms with Gasteiger partial charge in [-0.2, -0.15) is 0 Å². The van der Waals surface area contributed by atoms with Crippen LogP contribution >= 0.6 is 0 Å². The average molecular weight is 269 g/mol. The molecule has 0 aliphatic rings. The van der Waals surface area contributed by atoms with Crippen LogP contribution in [0, 0.1) is 0 Å². The number of benzene rings is 1. The number of nitrogens with zero attached hydrogens (tertiary/aromatic N) is 1. The summed E-state index contributed by atoms with van der Waals surface area (Å²) in [6.07, 6.45) is 2.79. The molecule has 1 atom stereocenters. The Balaban J connectivity index is 1.88. The van der Waals surface area contributed by atoms with E-state index in [4.69, 9.17) is 4.74 Å². The lowest BCUT2D eigenvalue weighted by molar-refractivity contribution is 0.0405. The number of aromatic nitrogens is 1. The van der Waals surface area contributed by atoms with Gasteiger partial charge in [-0.1, -0.05) is 43.3 Å². The van der Waals surface area contributed by atoms with Gasteiger partial charge in [0.25, 0.3) is 0 Å². The van der Waals surface area contributed by atoms with Gasteiger partial charge in [-0.3, -0.25) is 9.78 Å². The Hall–Kier alpha value is -2.00. The van der Waals surface area contributed by atoms with Crippen LogP contribution in [0.1, 0.15) is 29.4 Å². The molecule has 0 bridgehead atoms. The summed E-state index contributed by atoms with van der Waals surface area (Å²) in [4.78, 5) is 16.5. The SMILES string of the molecule is CCC(OCCc1ccccn1)C(=O)c1ccccc1. The van der Waals surface area contributed by atoms with E-state index < -0.39 is 0 Å². The molecule has 0 amide bonds. The zero-order valence-corrected chi connectivity index (χ0v) is 11.7. The Morgan fingerprint density at radius 3 is 2.55 bits per heavy atom. The minimum atomic E-state index is -0.374. The minimum Gasteiger partial charge on any atom is -0.370 e. The van der Waals surface area contributed by atoms with E-state index >= 15 is 0 Å². The predicted molar refractivity (Wildman–Crippen MR) is 78.7 cm³/mol. The Morgan fingerprint density at radius 1 is 1.15 bits per heavy atom. The maximum absolute atomic E-state index is 12.3. The molecule has 0 spiro atoms. The summed E-state index contributed by atoms with van der Waals surface area (Å²) in [6, 6.07) is 15.1. The highest BCUT2D eigenvalue weighted by Crippen LogP contribution is 2.10. The van der Waals surface area contributed by atoms with Gasteiger partial charge in [0, 0.05) is 23.9 Å². The molecular formula is C17H19NO2. The molecule has 0 radical (unpaired) electrons. The zero-order valence-electron chi connectivity index (χ0n) is 11.7. The van der Waals surface area contributed by atoms with E-state index in [9.17, 15) is 4.79 Å². The van der Waals surface area contributed by atoms with Gasteiger partial charge in [-0.15, -0.1) is 0 Å². The lowest BCUT2D eigenvalue weighted by Gasteiger charge is -2.15. The van der Waals surface area contributed by atoms with Crippen molar-refractivity contribution in [1.29, 1.82) is 0 Å². The summed E-state index contributed by atoms with van der Waals surface area (Å²) >= 11 is 0. The second-order valence-electron chi connectivity index (χ2n) is 4.57. The Bertz CT molecular complexity index is 525. The highest BCUT2D eigenvalue weighted by molar-refractivity contribution is 5.99. The molecule has 3 nitrogen and oxygen atoms in total. The summed E-state index contributed by atoms with van der Waals surface area (Å²) in [5, 5.41) is 0. The van der Waals surface area contributed by atoms with Gasteiger partial charge in [0.05, 0.1) is 6.61 Å². The molecule has 0 N–H and O–H groups in total. The van der Waals surface area contributed by atoms with Crippen molar-refractivity contribution in [3.63, 3.8) is 0 Å². The predicted octanol–water partition coefficient (Wildman–Crippen LogP) is 3.30. The smallest absolute Gasteiger partial charge is 0.191 e. The van der Waals surface area contributed by atoms with Crippen LogP contribution in [0.15, 0.2) is 54.7 Å². The summed E-state index contributed by atoms with van der Waals surface area (Å²) in [7, 11) is 0. The fourth-order valence-electron chi connectivity index (χ4n) is 2.02. The fourth-order valence-corrected chi connectivity index (χ4v) is 2.02. The second kappa shape index (κ2) is 7.56.